The molecular weight excluding hydrogens is 205 g/mol. The summed E-state index contributed by atoms with van der Waals surface area (Å²) in [4.78, 5) is 0. The Bertz CT molecular complexity index is 229. The van der Waals surface area contributed by atoms with Gasteiger partial charge >= 0.3 is 10.0 Å². The average Bonchev–Trinajstić information content (AvgIpc) is 2.12. The molecule has 0 fully saturated rings. The van der Waals surface area contributed by atoms with E-state index in [4.69, 9.17) is 0 Å². The van der Waals surface area contributed by atoms with E-state index in [2.05, 4.69) is 6.92 Å². The molecule has 5 heteroatoms. The van der Waals surface area contributed by atoms with Crippen molar-refractivity contribution in [3.8, 4) is 0 Å². The van der Waals surface area contributed by atoms with Crippen molar-refractivity contribution in [1.82, 2.24) is 0 Å². The highest BCUT2D eigenvalue weighted by Crippen LogP contribution is 1.96. The highest BCUT2D eigenvalue weighted by Gasteiger charge is 2.24. The second kappa shape index (κ2) is 7.17. The second-order valence-corrected chi connectivity index (χ2v) is 5.57. The second-order valence-electron chi connectivity index (χ2n) is 3.48. The van der Waals surface area contributed by atoms with Crippen LogP contribution in [0.4, 0.5) is 4.48 Å². The first-order valence-corrected chi connectivity index (χ1v) is 6.94. The number of hydrogen-bond donors (Lipinski definition) is 1. The molecule has 0 amide bonds. The molecule has 0 heterocycles. The Labute approximate surface area is 86.3 Å². The maximum atomic E-state index is 13.1. The van der Waals surface area contributed by atoms with Gasteiger partial charge < -0.3 is 0 Å². The fourth-order valence-corrected chi connectivity index (χ4v) is 2.44. The zero-order valence-corrected chi connectivity index (χ0v) is 9.87. The monoisotopic (exact) mass is 226 g/mol. The average molecular weight is 226 g/mol. The van der Waals surface area contributed by atoms with E-state index in [1.807, 2.05) is 0 Å². The molecule has 0 spiro atoms. The summed E-state index contributed by atoms with van der Waals surface area (Å²) in [5, 5.41) is 0. The summed E-state index contributed by atoms with van der Waals surface area (Å²) in [6.07, 6.45) is 4.14. The quantitative estimate of drug-likeness (QED) is 0.497. The third-order valence-electron chi connectivity index (χ3n) is 2.04. The maximum absolute atomic E-state index is 13.1. The largest absolute Gasteiger partial charge is 0.330 e. The van der Waals surface area contributed by atoms with Crippen LogP contribution in [0.15, 0.2) is 0 Å². The van der Waals surface area contributed by atoms with Crippen molar-refractivity contribution in [2.75, 3.05) is 12.3 Å². The summed E-state index contributed by atoms with van der Waals surface area (Å²) in [6.45, 7) is 3.89. The molecule has 14 heavy (non-hydrogen) atoms. The van der Waals surface area contributed by atoms with E-state index in [-0.39, 0.29) is 12.3 Å². The van der Waals surface area contributed by atoms with Crippen LogP contribution in [0, 0.1) is 0 Å². The van der Waals surface area contributed by atoms with Gasteiger partial charge in [-0.3, -0.25) is 0 Å². The fourth-order valence-electron chi connectivity index (χ4n) is 1.23. The third-order valence-corrected chi connectivity index (χ3v) is 3.86. The molecule has 0 aromatic rings. The molecule has 0 bridgehead atoms. The number of sulfonamides is 1. The minimum absolute atomic E-state index is 0.0629. The molecular formula is C9H21FNO2S+. The van der Waals surface area contributed by atoms with Crippen molar-refractivity contribution in [3.63, 3.8) is 0 Å². The lowest BCUT2D eigenvalue weighted by molar-refractivity contribution is -0.924. The van der Waals surface area contributed by atoms with E-state index in [0.717, 1.165) is 19.3 Å². The molecule has 0 aliphatic heterocycles. The van der Waals surface area contributed by atoms with E-state index >= 15 is 0 Å². The van der Waals surface area contributed by atoms with Gasteiger partial charge in [0.2, 0.25) is 0 Å². The standard InChI is InChI=1S/C9H20FNO2S/c1-3-5-6-7-8-11(10)14(12,13)9-4-2/h3-9H2,1-2H3/p+1. The minimum atomic E-state index is -3.55. The van der Waals surface area contributed by atoms with Gasteiger partial charge in [-0.2, -0.15) is 8.42 Å². The van der Waals surface area contributed by atoms with Gasteiger partial charge in [0, 0.05) is 10.9 Å². The highest BCUT2D eigenvalue weighted by molar-refractivity contribution is 7.84. The number of unbranched alkanes of at least 4 members (excludes halogenated alkanes) is 3. The van der Waals surface area contributed by atoms with Crippen LogP contribution in [0.5, 0.6) is 0 Å². The van der Waals surface area contributed by atoms with E-state index in [1.54, 1.807) is 6.92 Å². The first-order valence-electron chi connectivity index (χ1n) is 5.28. The Balaban J connectivity index is 3.78. The molecule has 0 aliphatic rings. The van der Waals surface area contributed by atoms with Crippen LogP contribution in [-0.4, -0.2) is 20.7 Å². The topological polar surface area (TPSA) is 38.6 Å². The maximum Gasteiger partial charge on any atom is 0.330 e. The predicted molar refractivity (Wildman–Crippen MR) is 55.2 cm³/mol. The Morgan fingerprint density at radius 2 is 1.71 bits per heavy atom. The van der Waals surface area contributed by atoms with Gasteiger partial charge in [0.25, 0.3) is 0 Å². The first-order chi connectivity index (χ1) is 6.54. The molecule has 1 N–H and O–H groups in total. The van der Waals surface area contributed by atoms with Crippen LogP contribution >= 0.6 is 0 Å². The summed E-state index contributed by atoms with van der Waals surface area (Å²) < 4.78 is 34.7. The summed E-state index contributed by atoms with van der Waals surface area (Å²) in [5.41, 5.74) is 0. The molecule has 0 aromatic carbocycles. The lowest BCUT2D eigenvalue weighted by Gasteiger charge is -2.06. The molecule has 1 atom stereocenters. The molecule has 0 rings (SSSR count). The number of quaternary nitrogens is 1. The van der Waals surface area contributed by atoms with E-state index in [9.17, 15) is 12.9 Å². The first kappa shape index (κ1) is 13.8. The molecule has 0 saturated carbocycles. The Morgan fingerprint density at radius 1 is 1.07 bits per heavy atom. The molecule has 0 aromatic heterocycles. The summed E-state index contributed by atoms with van der Waals surface area (Å²) in [7, 11) is -3.55. The van der Waals surface area contributed by atoms with Gasteiger partial charge in [-0.1, -0.05) is 26.7 Å². The van der Waals surface area contributed by atoms with Crippen molar-refractivity contribution >= 4 is 10.0 Å². The van der Waals surface area contributed by atoms with E-state index in [0.29, 0.717) is 12.8 Å². The van der Waals surface area contributed by atoms with Crippen LogP contribution in [-0.2, 0) is 10.0 Å². The van der Waals surface area contributed by atoms with Crippen LogP contribution < -0.4 is 4.53 Å². The molecule has 0 aliphatic carbocycles. The number of halogens is 1. The van der Waals surface area contributed by atoms with E-state index in [1.165, 1.54) is 0 Å². The lowest BCUT2D eigenvalue weighted by atomic mass is 10.2. The predicted octanol–water partition coefficient (Wildman–Crippen LogP) is 1.08. The van der Waals surface area contributed by atoms with Crippen LogP contribution in [0.25, 0.3) is 0 Å². The Morgan fingerprint density at radius 3 is 2.21 bits per heavy atom. The summed E-state index contributed by atoms with van der Waals surface area (Å²) >= 11 is 0. The van der Waals surface area contributed by atoms with Crippen LogP contribution in [0.2, 0.25) is 0 Å². The SMILES string of the molecule is CCCCCC[NH+](F)S(=O)(=O)CCC. The normalized spacial score (nSPS) is 14.2. The fraction of sp³-hybridized carbons (Fsp3) is 1.00. The minimum Gasteiger partial charge on any atom is -0.170 e. The Kier molecular flexibility index (Phi) is 7.09. The van der Waals surface area contributed by atoms with Crippen LogP contribution in [0.3, 0.4) is 0 Å². The van der Waals surface area contributed by atoms with Crippen molar-refractivity contribution in [2.45, 2.75) is 46.0 Å². The van der Waals surface area contributed by atoms with Crippen molar-refractivity contribution in [2.24, 2.45) is 0 Å². The van der Waals surface area contributed by atoms with Gasteiger partial charge in [0.15, 0.2) is 0 Å². The molecule has 86 valence electrons. The third kappa shape index (κ3) is 5.54. The van der Waals surface area contributed by atoms with Crippen LogP contribution in [0.1, 0.15) is 46.0 Å². The zero-order valence-electron chi connectivity index (χ0n) is 9.05. The molecule has 1 unspecified atom stereocenters. The lowest BCUT2D eigenvalue weighted by Crippen LogP contribution is -3.07. The summed E-state index contributed by atoms with van der Waals surface area (Å²) in [6, 6.07) is 0. The molecule has 0 radical (unpaired) electrons. The van der Waals surface area contributed by atoms with E-state index < -0.39 is 14.6 Å². The van der Waals surface area contributed by atoms with Crippen molar-refractivity contribution in [1.29, 1.82) is 0 Å². The number of nitrogens with one attached hydrogen (secondary N) is 1. The molecule has 3 nitrogen and oxygen atoms in total. The Hall–Kier alpha value is -0.160. The van der Waals surface area contributed by atoms with Crippen molar-refractivity contribution < 1.29 is 17.4 Å². The number of hydrogen-bond acceptors (Lipinski definition) is 2. The zero-order chi connectivity index (χ0) is 11.0. The summed E-state index contributed by atoms with van der Waals surface area (Å²) in [5.74, 6) is -0.0629. The highest BCUT2D eigenvalue weighted by atomic mass is 32.2. The van der Waals surface area contributed by atoms with Gasteiger partial charge in [0.05, 0.1) is 0 Å². The molecule has 0 saturated heterocycles. The van der Waals surface area contributed by atoms with Gasteiger partial charge in [-0.25, -0.2) is 0 Å². The van der Waals surface area contributed by atoms with Gasteiger partial charge in [-0.15, -0.1) is 0 Å². The van der Waals surface area contributed by atoms with Gasteiger partial charge in [0.1, 0.15) is 12.3 Å². The smallest absolute Gasteiger partial charge is 0.170 e. The number of rotatable bonds is 8. The van der Waals surface area contributed by atoms with Crippen molar-refractivity contribution in [3.05, 3.63) is 0 Å². The van der Waals surface area contributed by atoms with Gasteiger partial charge in [-0.05, 0) is 17.4 Å².